The quantitative estimate of drug-likeness (QED) is 0.759. The molecular weight excluding hydrogens is 413 g/mol. The van der Waals surface area contributed by atoms with Crippen LogP contribution in [-0.4, -0.2) is 53.3 Å². The second-order valence-corrected chi connectivity index (χ2v) is 8.64. The third-order valence-electron chi connectivity index (χ3n) is 5.09. The molecule has 1 spiro atoms. The number of rotatable bonds is 2. The summed E-state index contributed by atoms with van der Waals surface area (Å²) in [5, 5.41) is 2.05. The number of alkyl halides is 2. The number of carbonyl (C=O) groups excluding carboxylic acids is 2. The zero-order valence-electron chi connectivity index (χ0n) is 16.2. The number of hydrogen-bond acceptors (Lipinski definition) is 4. The van der Waals surface area contributed by atoms with Gasteiger partial charge in [0.15, 0.2) is 0 Å². The molecule has 1 N–H and O–H groups in total. The number of cyclic esters (lactones) is 1. The fourth-order valence-electron chi connectivity index (χ4n) is 3.80. The Morgan fingerprint density at radius 2 is 2.10 bits per heavy atom. The van der Waals surface area contributed by atoms with Crippen LogP contribution in [0.1, 0.15) is 32.8 Å². The van der Waals surface area contributed by atoms with E-state index in [1.165, 1.54) is 18.2 Å². The predicted octanol–water partition coefficient (Wildman–Crippen LogP) is 4.14. The first-order valence-corrected chi connectivity index (χ1v) is 9.49. The van der Waals surface area contributed by atoms with E-state index in [0.29, 0.717) is 0 Å². The van der Waals surface area contributed by atoms with E-state index in [9.17, 15) is 14.0 Å². The van der Waals surface area contributed by atoms with Crippen molar-refractivity contribution in [3.8, 4) is 0 Å². The van der Waals surface area contributed by atoms with Crippen molar-refractivity contribution in [3.05, 3.63) is 34.6 Å². The number of amides is 2. The van der Waals surface area contributed by atoms with Crippen molar-refractivity contribution in [3.63, 3.8) is 0 Å². The lowest BCUT2D eigenvalue weighted by Crippen LogP contribution is -2.67. The largest absolute Gasteiger partial charge is 0.449 e. The Morgan fingerprint density at radius 1 is 1.41 bits per heavy atom. The first-order valence-electron chi connectivity index (χ1n) is 9.11. The van der Waals surface area contributed by atoms with Crippen molar-refractivity contribution in [2.45, 2.75) is 56.7 Å². The Labute approximate surface area is 171 Å². The summed E-state index contributed by atoms with van der Waals surface area (Å²) in [5.74, 6) is -4.25. The summed E-state index contributed by atoms with van der Waals surface area (Å²) in [6, 6.07) is 2.95. The van der Waals surface area contributed by atoms with Crippen molar-refractivity contribution < 1.29 is 32.2 Å². The van der Waals surface area contributed by atoms with Gasteiger partial charge in [0.05, 0.1) is 24.2 Å². The lowest BCUT2D eigenvalue weighted by atomic mass is 9.80. The molecule has 3 rings (SSSR count). The van der Waals surface area contributed by atoms with Gasteiger partial charge in [-0.2, -0.15) is 0 Å². The first kappa shape index (κ1) is 21.5. The van der Waals surface area contributed by atoms with E-state index in [1.54, 1.807) is 20.8 Å². The molecule has 2 aliphatic rings. The fraction of sp³-hybridized carbons (Fsp3) is 0.579. The van der Waals surface area contributed by atoms with Gasteiger partial charge >= 0.3 is 12.2 Å². The van der Waals surface area contributed by atoms with Crippen LogP contribution < -0.4 is 5.32 Å². The molecule has 2 fully saturated rings. The van der Waals surface area contributed by atoms with Gasteiger partial charge in [0, 0.05) is 6.42 Å². The van der Waals surface area contributed by atoms with Gasteiger partial charge in [-0.05, 0) is 38.8 Å². The molecule has 0 aliphatic carbocycles. The zero-order chi connectivity index (χ0) is 21.6. The minimum atomic E-state index is -3.48. The zero-order valence-corrected chi connectivity index (χ0v) is 17.0. The molecule has 2 amide bonds. The van der Waals surface area contributed by atoms with E-state index in [2.05, 4.69) is 5.32 Å². The number of nitrogens with one attached hydrogen (secondary N) is 1. The molecule has 1 aromatic rings. The van der Waals surface area contributed by atoms with Gasteiger partial charge in [-0.15, -0.1) is 0 Å². The Morgan fingerprint density at radius 3 is 2.72 bits per heavy atom. The smallest absolute Gasteiger partial charge is 0.410 e. The van der Waals surface area contributed by atoms with Gasteiger partial charge in [-0.1, -0.05) is 23.7 Å². The number of nitrogens with zero attached hydrogens (tertiary/aromatic N) is 1. The number of halogens is 4. The van der Waals surface area contributed by atoms with Gasteiger partial charge in [0.1, 0.15) is 17.0 Å². The van der Waals surface area contributed by atoms with Gasteiger partial charge in [0.2, 0.25) is 0 Å². The van der Waals surface area contributed by atoms with Crippen LogP contribution in [0.3, 0.4) is 0 Å². The Balaban J connectivity index is 2.05. The number of carbonyl (C=O) groups is 2. The predicted molar refractivity (Wildman–Crippen MR) is 98.6 cm³/mol. The monoisotopic (exact) mass is 434 g/mol. The van der Waals surface area contributed by atoms with Gasteiger partial charge in [-0.3, -0.25) is 4.90 Å². The lowest BCUT2D eigenvalue weighted by molar-refractivity contribution is -0.0817. The molecule has 2 aliphatic heterocycles. The number of likely N-dealkylation sites (tertiary alicyclic amines) is 1. The second kappa shape index (κ2) is 7.27. The normalized spacial score (nSPS) is 26.2. The average Bonchev–Trinajstić information content (AvgIpc) is 2.79. The molecule has 2 saturated heterocycles. The molecule has 0 radical (unpaired) electrons. The second-order valence-electron chi connectivity index (χ2n) is 8.23. The van der Waals surface area contributed by atoms with E-state index in [0.717, 1.165) is 4.90 Å². The van der Waals surface area contributed by atoms with Crippen LogP contribution in [-0.2, 0) is 15.9 Å². The molecule has 0 aromatic heterocycles. The third kappa shape index (κ3) is 3.97. The molecule has 6 nitrogen and oxygen atoms in total. The Hall–Kier alpha value is -2.16. The maximum atomic E-state index is 15.2. The van der Waals surface area contributed by atoms with Crippen molar-refractivity contribution in [1.29, 1.82) is 0 Å². The maximum Gasteiger partial charge on any atom is 0.410 e. The minimum Gasteiger partial charge on any atom is -0.449 e. The first-order chi connectivity index (χ1) is 13.4. The molecule has 1 aromatic carbocycles. The molecule has 29 heavy (non-hydrogen) atoms. The van der Waals surface area contributed by atoms with Crippen molar-refractivity contribution in [2.24, 2.45) is 0 Å². The van der Waals surface area contributed by atoms with E-state index >= 15 is 8.78 Å². The Bertz CT molecular complexity index is 830. The molecule has 0 saturated carbocycles. The summed E-state index contributed by atoms with van der Waals surface area (Å²) in [6.07, 6.45) is -2.53. The number of hydrogen-bond donors (Lipinski definition) is 1. The number of ether oxygens (including phenoxy) is 2. The van der Waals surface area contributed by atoms with Crippen LogP contribution in [0.15, 0.2) is 18.2 Å². The van der Waals surface area contributed by atoms with Gasteiger partial charge in [-0.25, -0.2) is 22.8 Å². The summed E-state index contributed by atoms with van der Waals surface area (Å²) in [7, 11) is 0. The van der Waals surface area contributed by atoms with E-state index < -0.39 is 47.7 Å². The highest BCUT2D eigenvalue weighted by molar-refractivity contribution is 6.30. The van der Waals surface area contributed by atoms with E-state index in [1.807, 2.05) is 0 Å². The summed E-state index contributed by atoms with van der Waals surface area (Å²) in [4.78, 5) is 25.4. The summed E-state index contributed by atoms with van der Waals surface area (Å²) >= 11 is 5.82. The van der Waals surface area contributed by atoms with Crippen LogP contribution in [0.25, 0.3) is 0 Å². The Kier molecular flexibility index (Phi) is 5.40. The summed E-state index contributed by atoms with van der Waals surface area (Å²) < 4.78 is 55.0. The third-order valence-corrected chi connectivity index (χ3v) is 5.39. The highest BCUT2D eigenvalue weighted by Gasteiger charge is 2.69. The van der Waals surface area contributed by atoms with Gasteiger partial charge < -0.3 is 14.8 Å². The molecular formula is C19H22ClF3N2O4. The van der Waals surface area contributed by atoms with E-state index in [4.69, 9.17) is 21.1 Å². The van der Waals surface area contributed by atoms with Gasteiger partial charge in [0.25, 0.3) is 5.92 Å². The lowest BCUT2D eigenvalue weighted by Gasteiger charge is -2.42. The highest BCUT2D eigenvalue weighted by Crippen LogP contribution is 2.46. The topological polar surface area (TPSA) is 67.9 Å². The molecule has 0 bridgehead atoms. The number of alkyl carbamates (subject to hydrolysis) is 1. The summed E-state index contributed by atoms with van der Waals surface area (Å²) in [5.41, 5.74) is -2.99. The average molecular weight is 435 g/mol. The van der Waals surface area contributed by atoms with E-state index in [-0.39, 0.29) is 30.0 Å². The number of benzene rings is 1. The molecule has 2 unspecified atom stereocenters. The minimum absolute atomic E-state index is 0.0499. The molecule has 2 atom stereocenters. The van der Waals surface area contributed by atoms with Crippen LogP contribution in [0.5, 0.6) is 0 Å². The summed E-state index contributed by atoms with van der Waals surface area (Å²) in [6.45, 7) is 3.59. The SMILES string of the molecule is CC(C)(C)OC(=O)N1CC(F)(F)C2(CCOC(=O)N2)C1Cc1cccc(Cl)c1F. The van der Waals surface area contributed by atoms with Crippen molar-refractivity contribution in [1.82, 2.24) is 10.2 Å². The molecule has 160 valence electrons. The fourth-order valence-corrected chi connectivity index (χ4v) is 3.99. The maximum absolute atomic E-state index is 15.2. The van der Waals surface area contributed by atoms with Crippen LogP contribution in [0.2, 0.25) is 5.02 Å². The van der Waals surface area contributed by atoms with Crippen LogP contribution in [0, 0.1) is 5.82 Å². The standard InChI is InChI=1S/C19H22ClF3N2O4/c1-17(2,3)29-16(27)25-10-19(22,23)18(7-8-28-15(26)24-18)13(25)9-11-5-4-6-12(20)14(11)21/h4-6,13H,7-10H2,1-3H3,(H,24,26). The molecule has 2 heterocycles. The van der Waals surface area contributed by atoms with Crippen molar-refractivity contribution in [2.75, 3.05) is 13.2 Å². The van der Waals surface area contributed by atoms with Crippen LogP contribution in [0.4, 0.5) is 22.8 Å². The highest BCUT2D eigenvalue weighted by atomic mass is 35.5. The van der Waals surface area contributed by atoms with Crippen molar-refractivity contribution >= 4 is 23.8 Å². The molecule has 10 heteroatoms. The van der Waals surface area contributed by atoms with Crippen LogP contribution >= 0.6 is 11.6 Å².